The number of aryl methyl sites for hydroxylation is 1. The number of rotatable bonds is 2. The summed E-state index contributed by atoms with van der Waals surface area (Å²) in [5, 5.41) is 1.21. The van der Waals surface area contributed by atoms with Gasteiger partial charge < -0.3 is 4.42 Å². The van der Waals surface area contributed by atoms with E-state index < -0.39 is 11.8 Å². The highest BCUT2D eigenvalue weighted by Crippen LogP contribution is 2.26. The summed E-state index contributed by atoms with van der Waals surface area (Å²) in [7, 11) is 0. The van der Waals surface area contributed by atoms with E-state index in [1.54, 1.807) is 25.1 Å². The van der Waals surface area contributed by atoms with E-state index in [1.165, 1.54) is 6.07 Å². The van der Waals surface area contributed by atoms with Crippen LogP contribution in [0.4, 0.5) is 0 Å². The summed E-state index contributed by atoms with van der Waals surface area (Å²) >= 11 is 11.8. The molecule has 0 atom stereocenters. The molecule has 0 saturated heterocycles. The van der Waals surface area contributed by atoms with Gasteiger partial charge in [0.25, 0.3) is 5.91 Å². The minimum Gasteiger partial charge on any atom is -0.451 e. The lowest BCUT2D eigenvalue weighted by molar-refractivity contribution is 0.0831. The largest absolute Gasteiger partial charge is 0.451 e. The molecule has 0 aliphatic heterocycles. The molecule has 0 fully saturated rings. The summed E-state index contributed by atoms with van der Waals surface area (Å²) in [6.07, 6.45) is 0. The molecule has 2 N–H and O–H groups in total. The second kappa shape index (κ2) is 6.55. The van der Waals surface area contributed by atoms with E-state index in [0.717, 1.165) is 5.39 Å². The molecule has 2 amide bonds. The highest BCUT2D eigenvalue weighted by Gasteiger charge is 2.19. The number of amides is 2. The number of furan rings is 1. The fraction of sp³-hybridized carbons (Fsp3) is 0.0588. The summed E-state index contributed by atoms with van der Waals surface area (Å²) in [5.74, 6) is -1.01. The van der Waals surface area contributed by atoms with E-state index in [2.05, 4.69) is 10.9 Å². The number of nitrogens with one attached hydrogen (secondary N) is 2. The van der Waals surface area contributed by atoms with Crippen molar-refractivity contribution in [2.45, 2.75) is 6.92 Å². The van der Waals surface area contributed by atoms with Gasteiger partial charge in [-0.3, -0.25) is 20.4 Å². The van der Waals surface area contributed by atoms with Crippen LogP contribution in [-0.4, -0.2) is 11.8 Å². The number of hydrogen-bond acceptors (Lipinski definition) is 3. The topological polar surface area (TPSA) is 71.3 Å². The van der Waals surface area contributed by atoms with Gasteiger partial charge in [-0.05, 0) is 25.1 Å². The van der Waals surface area contributed by atoms with Crippen molar-refractivity contribution in [3.05, 3.63) is 69.4 Å². The Balaban J connectivity index is 1.76. The molecule has 2 aromatic carbocycles. The Morgan fingerprint density at radius 3 is 2.42 bits per heavy atom. The molecule has 24 heavy (non-hydrogen) atoms. The highest BCUT2D eigenvalue weighted by atomic mass is 35.5. The molecule has 0 bridgehead atoms. The number of halogens is 2. The SMILES string of the molecule is Cc1c(C(=O)NNC(=O)c2cccc(Cl)c2Cl)oc2ccccc12. The maximum atomic E-state index is 12.2. The van der Waals surface area contributed by atoms with Crippen molar-refractivity contribution in [1.82, 2.24) is 10.9 Å². The normalized spacial score (nSPS) is 10.6. The molecular formula is C17H12Cl2N2O3. The van der Waals surface area contributed by atoms with Crippen molar-refractivity contribution < 1.29 is 14.0 Å². The Labute approximate surface area is 147 Å². The van der Waals surface area contributed by atoms with Crippen molar-refractivity contribution in [2.75, 3.05) is 0 Å². The molecule has 3 aromatic rings. The minimum absolute atomic E-state index is 0.117. The Morgan fingerprint density at radius 1 is 0.958 bits per heavy atom. The molecule has 0 aliphatic rings. The first-order chi connectivity index (χ1) is 11.5. The van der Waals surface area contributed by atoms with E-state index in [1.807, 2.05) is 18.2 Å². The average Bonchev–Trinajstić information content (AvgIpc) is 2.92. The second-order valence-electron chi connectivity index (χ2n) is 5.06. The van der Waals surface area contributed by atoms with Crippen molar-refractivity contribution >= 4 is 46.0 Å². The van der Waals surface area contributed by atoms with E-state index in [0.29, 0.717) is 11.1 Å². The zero-order valence-corrected chi connectivity index (χ0v) is 14.0. The summed E-state index contributed by atoms with van der Waals surface area (Å²) in [6.45, 7) is 1.77. The fourth-order valence-electron chi connectivity index (χ4n) is 2.31. The van der Waals surface area contributed by atoms with Gasteiger partial charge in [0.15, 0.2) is 5.76 Å². The van der Waals surface area contributed by atoms with Crippen LogP contribution in [0, 0.1) is 6.92 Å². The van der Waals surface area contributed by atoms with Crippen LogP contribution in [-0.2, 0) is 0 Å². The molecular weight excluding hydrogens is 351 g/mol. The standard InChI is InChI=1S/C17H12Cl2N2O3/c1-9-10-5-2-3-8-13(10)24-15(9)17(23)21-20-16(22)11-6-4-7-12(18)14(11)19/h2-8H,1H3,(H,20,22)(H,21,23). The van der Waals surface area contributed by atoms with Crippen molar-refractivity contribution in [1.29, 1.82) is 0 Å². The number of para-hydroxylation sites is 1. The lowest BCUT2D eigenvalue weighted by Crippen LogP contribution is -2.41. The second-order valence-corrected chi connectivity index (χ2v) is 5.85. The number of carbonyl (C=O) groups excluding carboxylic acids is 2. The molecule has 122 valence electrons. The zero-order valence-electron chi connectivity index (χ0n) is 12.5. The number of hydrogen-bond donors (Lipinski definition) is 2. The predicted octanol–water partition coefficient (Wildman–Crippen LogP) is 4.12. The van der Waals surface area contributed by atoms with Crippen molar-refractivity contribution in [3.8, 4) is 0 Å². The van der Waals surface area contributed by atoms with E-state index in [-0.39, 0.29) is 21.4 Å². The molecule has 3 rings (SSSR count). The van der Waals surface area contributed by atoms with E-state index in [9.17, 15) is 9.59 Å². The Bertz CT molecular complexity index is 950. The Kier molecular flexibility index (Phi) is 4.46. The average molecular weight is 363 g/mol. The molecule has 0 saturated carbocycles. The number of hydrazine groups is 1. The van der Waals surface area contributed by atoms with Gasteiger partial charge in [0, 0.05) is 10.9 Å². The monoisotopic (exact) mass is 362 g/mol. The number of benzene rings is 2. The van der Waals surface area contributed by atoms with Crippen LogP contribution in [0.15, 0.2) is 46.9 Å². The first kappa shape index (κ1) is 16.4. The van der Waals surface area contributed by atoms with E-state index in [4.69, 9.17) is 27.6 Å². The molecule has 0 unspecified atom stereocenters. The van der Waals surface area contributed by atoms with Gasteiger partial charge in [0.2, 0.25) is 0 Å². The Hall–Kier alpha value is -2.50. The number of fused-ring (bicyclic) bond motifs is 1. The first-order valence-electron chi connectivity index (χ1n) is 7.02. The lowest BCUT2D eigenvalue weighted by atomic mass is 10.1. The van der Waals surface area contributed by atoms with Crippen LogP contribution in [0.5, 0.6) is 0 Å². The first-order valence-corrected chi connectivity index (χ1v) is 7.77. The highest BCUT2D eigenvalue weighted by molar-refractivity contribution is 6.43. The van der Waals surface area contributed by atoms with Crippen LogP contribution < -0.4 is 10.9 Å². The van der Waals surface area contributed by atoms with Gasteiger partial charge >= 0.3 is 5.91 Å². The van der Waals surface area contributed by atoms with E-state index >= 15 is 0 Å². The molecule has 0 radical (unpaired) electrons. The van der Waals surface area contributed by atoms with Crippen LogP contribution in [0.25, 0.3) is 11.0 Å². The molecule has 7 heteroatoms. The summed E-state index contributed by atoms with van der Waals surface area (Å²) in [5.41, 5.74) is 6.06. The van der Waals surface area contributed by atoms with Gasteiger partial charge in [-0.1, -0.05) is 47.5 Å². The van der Waals surface area contributed by atoms with Gasteiger partial charge in [0.1, 0.15) is 5.58 Å². The third-order valence-electron chi connectivity index (χ3n) is 3.54. The maximum Gasteiger partial charge on any atom is 0.305 e. The van der Waals surface area contributed by atoms with Crippen LogP contribution in [0.3, 0.4) is 0 Å². The number of carbonyl (C=O) groups is 2. The molecule has 0 spiro atoms. The molecule has 1 heterocycles. The fourth-order valence-corrected chi connectivity index (χ4v) is 2.69. The minimum atomic E-state index is -0.579. The lowest BCUT2D eigenvalue weighted by Gasteiger charge is -2.08. The van der Waals surface area contributed by atoms with Gasteiger partial charge in [0.05, 0.1) is 15.6 Å². The zero-order chi connectivity index (χ0) is 17.3. The third kappa shape index (κ3) is 2.96. The third-order valence-corrected chi connectivity index (χ3v) is 4.35. The predicted molar refractivity (Wildman–Crippen MR) is 92.3 cm³/mol. The molecule has 1 aromatic heterocycles. The molecule has 0 aliphatic carbocycles. The summed E-state index contributed by atoms with van der Waals surface area (Å²) in [4.78, 5) is 24.4. The summed E-state index contributed by atoms with van der Waals surface area (Å²) < 4.78 is 5.53. The molecule has 5 nitrogen and oxygen atoms in total. The Morgan fingerprint density at radius 2 is 1.67 bits per heavy atom. The van der Waals surface area contributed by atoms with Gasteiger partial charge in [-0.25, -0.2) is 0 Å². The van der Waals surface area contributed by atoms with Crippen LogP contribution in [0.1, 0.15) is 26.5 Å². The van der Waals surface area contributed by atoms with Crippen LogP contribution in [0.2, 0.25) is 10.0 Å². The van der Waals surface area contributed by atoms with Crippen molar-refractivity contribution in [2.24, 2.45) is 0 Å². The van der Waals surface area contributed by atoms with Gasteiger partial charge in [-0.2, -0.15) is 0 Å². The van der Waals surface area contributed by atoms with Crippen LogP contribution >= 0.6 is 23.2 Å². The smallest absolute Gasteiger partial charge is 0.305 e. The van der Waals surface area contributed by atoms with Crippen molar-refractivity contribution in [3.63, 3.8) is 0 Å². The maximum absolute atomic E-state index is 12.2. The summed E-state index contributed by atoms with van der Waals surface area (Å²) in [6, 6.07) is 12.0. The van der Waals surface area contributed by atoms with Gasteiger partial charge in [-0.15, -0.1) is 0 Å². The quantitative estimate of drug-likeness (QED) is 0.673.